The highest BCUT2D eigenvalue weighted by Gasteiger charge is 2.16. The van der Waals surface area contributed by atoms with Crippen LogP contribution in [0.25, 0.3) is 0 Å². The SMILES string of the molecule is CC1CN(CCc2ccc(F)c(Br)c2)CCO1. The van der Waals surface area contributed by atoms with Crippen LogP contribution in [0.15, 0.2) is 22.7 Å². The highest BCUT2D eigenvalue weighted by molar-refractivity contribution is 9.10. The number of benzene rings is 1. The smallest absolute Gasteiger partial charge is 0.137 e. The Morgan fingerprint density at radius 3 is 3.06 bits per heavy atom. The molecule has 0 saturated carbocycles. The van der Waals surface area contributed by atoms with Crippen LogP contribution in [0.3, 0.4) is 0 Å². The second-order valence-corrected chi connectivity index (χ2v) is 5.33. The van der Waals surface area contributed by atoms with Gasteiger partial charge in [-0.1, -0.05) is 6.07 Å². The van der Waals surface area contributed by atoms with E-state index < -0.39 is 0 Å². The van der Waals surface area contributed by atoms with Crippen molar-refractivity contribution in [3.05, 3.63) is 34.1 Å². The Balaban J connectivity index is 1.86. The predicted octanol–water partition coefficient (Wildman–Crippen LogP) is 2.85. The zero-order chi connectivity index (χ0) is 12.3. The number of ether oxygens (including phenoxy) is 1. The standard InChI is InChI=1S/C13H17BrFNO/c1-10-9-16(6-7-17-10)5-4-11-2-3-13(15)12(14)8-11/h2-3,8,10H,4-7,9H2,1H3. The molecule has 0 aliphatic carbocycles. The van der Waals surface area contributed by atoms with Crippen LogP contribution in [-0.4, -0.2) is 37.2 Å². The van der Waals surface area contributed by atoms with E-state index in [1.807, 2.05) is 12.1 Å². The van der Waals surface area contributed by atoms with E-state index in [4.69, 9.17) is 4.74 Å². The number of nitrogens with zero attached hydrogens (tertiary/aromatic N) is 1. The first-order valence-corrected chi connectivity index (χ1v) is 6.72. The minimum absolute atomic E-state index is 0.200. The quantitative estimate of drug-likeness (QED) is 0.851. The highest BCUT2D eigenvalue weighted by Crippen LogP contribution is 2.17. The Morgan fingerprint density at radius 1 is 1.53 bits per heavy atom. The number of rotatable bonds is 3. The van der Waals surface area contributed by atoms with Crippen LogP contribution in [0.5, 0.6) is 0 Å². The van der Waals surface area contributed by atoms with Crippen LogP contribution >= 0.6 is 15.9 Å². The molecule has 1 heterocycles. The summed E-state index contributed by atoms with van der Waals surface area (Å²) in [7, 11) is 0. The Morgan fingerprint density at radius 2 is 2.35 bits per heavy atom. The van der Waals surface area contributed by atoms with Gasteiger partial charge in [0.1, 0.15) is 5.82 Å². The van der Waals surface area contributed by atoms with Crippen LogP contribution in [0.4, 0.5) is 4.39 Å². The lowest BCUT2D eigenvalue weighted by Gasteiger charge is -2.31. The lowest BCUT2D eigenvalue weighted by molar-refractivity contribution is -0.0177. The van der Waals surface area contributed by atoms with Crippen molar-refractivity contribution in [2.75, 3.05) is 26.2 Å². The molecule has 0 amide bonds. The average molecular weight is 302 g/mol. The largest absolute Gasteiger partial charge is 0.376 e. The second kappa shape index (κ2) is 5.94. The summed E-state index contributed by atoms with van der Waals surface area (Å²) < 4.78 is 19.1. The van der Waals surface area contributed by atoms with E-state index in [0.29, 0.717) is 10.6 Å². The van der Waals surface area contributed by atoms with Crippen LogP contribution in [-0.2, 0) is 11.2 Å². The van der Waals surface area contributed by atoms with Gasteiger partial charge in [-0.05, 0) is 47.0 Å². The number of halogens is 2. The van der Waals surface area contributed by atoms with Gasteiger partial charge >= 0.3 is 0 Å². The molecule has 1 fully saturated rings. The summed E-state index contributed by atoms with van der Waals surface area (Å²) in [6, 6.07) is 5.23. The third-order valence-corrected chi connectivity index (χ3v) is 3.63. The van der Waals surface area contributed by atoms with Gasteiger partial charge in [0.15, 0.2) is 0 Å². The molecule has 2 nitrogen and oxygen atoms in total. The van der Waals surface area contributed by atoms with Crippen LogP contribution in [0.1, 0.15) is 12.5 Å². The molecule has 0 N–H and O–H groups in total. The molecule has 1 atom stereocenters. The summed E-state index contributed by atoms with van der Waals surface area (Å²) in [6.07, 6.45) is 1.27. The van der Waals surface area contributed by atoms with Gasteiger partial charge in [0.05, 0.1) is 17.2 Å². The Labute approximate surface area is 110 Å². The molecule has 94 valence electrons. The monoisotopic (exact) mass is 301 g/mol. The third kappa shape index (κ3) is 3.76. The normalized spacial score (nSPS) is 21.7. The van der Waals surface area contributed by atoms with E-state index in [1.165, 1.54) is 6.07 Å². The lowest BCUT2D eigenvalue weighted by Crippen LogP contribution is -2.41. The molecule has 4 heteroatoms. The van der Waals surface area contributed by atoms with E-state index in [0.717, 1.165) is 38.2 Å². The lowest BCUT2D eigenvalue weighted by atomic mass is 10.1. The van der Waals surface area contributed by atoms with Gasteiger partial charge in [0, 0.05) is 19.6 Å². The van der Waals surface area contributed by atoms with Crippen molar-refractivity contribution < 1.29 is 9.13 Å². The zero-order valence-electron chi connectivity index (χ0n) is 9.96. The van der Waals surface area contributed by atoms with E-state index in [1.54, 1.807) is 0 Å². The summed E-state index contributed by atoms with van der Waals surface area (Å²) in [5, 5.41) is 0. The average Bonchev–Trinajstić information content (AvgIpc) is 2.31. The van der Waals surface area contributed by atoms with Crippen molar-refractivity contribution in [2.24, 2.45) is 0 Å². The minimum atomic E-state index is -0.200. The maximum Gasteiger partial charge on any atom is 0.137 e. The summed E-state index contributed by atoms with van der Waals surface area (Å²) in [5.41, 5.74) is 1.16. The molecule has 1 aliphatic heterocycles. The van der Waals surface area contributed by atoms with Crippen molar-refractivity contribution >= 4 is 15.9 Å². The van der Waals surface area contributed by atoms with Gasteiger partial charge in [-0.15, -0.1) is 0 Å². The number of hydrogen-bond acceptors (Lipinski definition) is 2. The van der Waals surface area contributed by atoms with E-state index >= 15 is 0 Å². The molecule has 1 aliphatic rings. The number of morpholine rings is 1. The van der Waals surface area contributed by atoms with Gasteiger partial charge in [-0.3, -0.25) is 4.90 Å². The molecule has 1 unspecified atom stereocenters. The summed E-state index contributed by atoms with van der Waals surface area (Å²) in [5.74, 6) is -0.200. The van der Waals surface area contributed by atoms with E-state index in [-0.39, 0.29) is 5.82 Å². The van der Waals surface area contributed by atoms with Crippen molar-refractivity contribution in [2.45, 2.75) is 19.4 Å². The molecule has 0 radical (unpaired) electrons. The Kier molecular flexibility index (Phi) is 4.54. The predicted molar refractivity (Wildman–Crippen MR) is 69.7 cm³/mol. The first-order valence-electron chi connectivity index (χ1n) is 5.93. The van der Waals surface area contributed by atoms with Crippen LogP contribution in [0, 0.1) is 5.82 Å². The molecular formula is C13H17BrFNO. The molecular weight excluding hydrogens is 285 g/mol. The fourth-order valence-corrected chi connectivity index (χ4v) is 2.50. The molecule has 0 bridgehead atoms. The zero-order valence-corrected chi connectivity index (χ0v) is 11.5. The topological polar surface area (TPSA) is 12.5 Å². The third-order valence-electron chi connectivity index (χ3n) is 3.03. The van der Waals surface area contributed by atoms with Gasteiger partial charge in [0.25, 0.3) is 0 Å². The Hall–Kier alpha value is -0.450. The molecule has 1 saturated heterocycles. The minimum Gasteiger partial charge on any atom is -0.376 e. The van der Waals surface area contributed by atoms with Crippen LogP contribution < -0.4 is 0 Å². The van der Waals surface area contributed by atoms with E-state index in [9.17, 15) is 4.39 Å². The van der Waals surface area contributed by atoms with Crippen molar-refractivity contribution in [3.8, 4) is 0 Å². The summed E-state index contributed by atoms with van der Waals surface area (Å²) >= 11 is 3.21. The fourth-order valence-electron chi connectivity index (χ4n) is 2.08. The maximum atomic E-state index is 13.1. The van der Waals surface area contributed by atoms with Crippen molar-refractivity contribution in [1.82, 2.24) is 4.90 Å². The van der Waals surface area contributed by atoms with Crippen LogP contribution in [0.2, 0.25) is 0 Å². The molecule has 1 aromatic carbocycles. The van der Waals surface area contributed by atoms with E-state index in [2.05, 4.69) is 27.8 Å². The second-order valence-electron chi connectivity index (χ2n) is 4.48. The van der Waals surface area contributed by atoms with Gasteiger partial charge in [-0.25, -0.2) is 4.39 Å². The summed E-state index contributed by atoms with van der Waals surface area (Å²) in [6.45, 7) is 5.90. The van der Waals surface area contributed by atoms with Gasteiger partial charge < -0.3 is 4.74 Å². The molecule has 0 aromatic heterocycles. The maximum absolute atomic E-state index is 13.1. The summed E-state index contributed by atoms with van der Waals surface area (Å²) in [4.78, 5) is 2.39. The Bertz CT molecular complexity index is 386. The first kappa shape index (κ1) is 13.0. The number of hydrogen-bond donors (Lipinski definition) is 0. The molecule has 17 heavy (non-hydrogen) atoms. The van der Waals surface area contributed by atoms with Gasteiger partial charge in [0.2, 0.25) is 0 Å². The molecule has 1 aromatic rings. The first-order chi connectivity index (χ1) is 8.15. The van der Waals surface area contributed by atoms with Crippen molar-refractivity contribution in [3.63, 3.8) is 0 Å². The molecule has 2 rings (SSSR count). The van der Waals surface area contributed by atoms with Crippen molar-refractivity contribution in [1.29, 1.82) is 0 Å². The van der Waals surface area contributed by atoms with Gasteiger partial charge in [-0.2, -0.15) is 0 Å². The highest BCUT2D eigenvalue weighted by atomic mass is 79.9. The molecule has 0 spiro atoms. The fraction of sp³-hybridized carbons (Fsp3) is 0.538.